The SMILES string of the molecule is COc1ccc(C[C@H]2COc3ccc(C(F)(F)F)cc3N2Cc2ccc(OCCN3CCCCC3)cc2)cc1. The van der Waals surface area contributed by atoms with Gasteiger partial charge in [0, 0.05) is 13.1 Å². The first-order valence-corrected chi connectivity index (χ1v) is 13.6. The third kappa shape index (κ3) is 6.98. The van der Waals surface area contributed by atoms with Gasteiger partial charge in [-0.05, 0) is 85.9 Å². The van der Waals surface area contributed by atoms with E-state index in [0.29, 0.717) is 37.6 Å². The van der Waals surface area contributed by atoms with Crippen molar-refractivity contribution in [1.82, 2.24) is 4.90 Å². The molecule has 0 aliphatic carbocycles. The van der Waals surface area contributed by atoms with E-state index in [1.54, 1.807) is 7.11 Å². The summed E-state index contributed by atoms with van der Waals surface area (Å²) in [7, 11) is 1.62. The number of halogens is 3. The van der Waals surface area contributed by atoms with Gasteiger partial charge in [0.25, 0.3) is 0 Å². The summed E-state index contributed by atoms with van der Waals surface area (Å²) < 4.78 is 58.0. The van der Waals surface area contributed by atoms with Crippen LogP contribution in [-0.4, -0.2) is 50.9 Å². The van der Waals surface area contributed by atoms with Crippen molar-refractivity contribution in [2.75, 3.05) is 44.9 Å². The number of likely N-dealkylation sites (tertiary alicyclic amines) is 1. The molecule has 1 atom stereocenters. The van der Waals surface area contributed by atoms with Gasteiger partial charge in [0.15, 0.2) is 0 Å². The number of alkyl halides is 3. The molecule has 3 aromatic carbocycles. The van der Waals surface area contributed by atoms with E-state index in [4.69, 9.17) is 14.2 Å². The molecule has 0 bridgehead atoms. The Balaban J connectivity index is 1.32. The van der Waals surface area contributed by atoms with Crippen molar-refractivity contribution < 1.29 is 27.4 Å². The van der Waals surface area contributed by atoms with Gasteiger partial charge >= 0.3 is 6.18 Å². The smallest absolute Gasteiger partial charge is 0.416 e. The lowest BCUT2D eigenvalue weighted by molar-refractivity contribution is -0.137. The maximum Gasteiger partial charge on any atom is 0.416 e. The molecule has 5 nitrogen and oxygen atoms in total. The Labute approximate surface area is 228 Å². The van der Waals surface area contributed by atoms with Crippen molar-refractivity contribution >= 4 is 5.69 Å². The number of hydrogen-bond acceptors (Lipinski definition) is 5. The lowest BCUT2D eigenvalue weighted by atomic mass is 10.0. The van der Waals surface area contributed by atoms with Crippen LogP contribution in [-0.2, 0) is 19.1 Å². The molecule has 0 saturated carbocycles. The topological polar surface area (TPSA) is 34.2 Å². The van der Waals surface area contributed by atoms with E-state index in [-0.39, 0.29) is 6.04 Å². The van der Waals surface area contributed by atoms with E-state index in [1.165, 1.54) is 31.4 Å². The average Bonchev–Trinajstić information content (AvgIpc) is 2.95. The summed E-state index contributed by atoms with van der Waals surface area (Å²) in [5.74, 6) is 2.02. The summed E-state index contributed by atoms with van der Waals surface area (Å²) in [6.45, 7) is 4.66. The van der Waals surface area contributed by atoms with E-state index in [9.17, 15) is 13.2 Å². The van der Waals surface area contributed by atoms with Crippen molar-refractivity contribution in [3.8, 4) is 17.2 Å². The second kappa shape index (κ2) is 12.2. The number of piperidine rings is 1. The van der Waals surface area contributed by atoms with Crippen LogP contribution < -0.4 is 19.1 Å². The molecule has 1 saturated heterocycles. The minimum atomic E-state index is -4.43. The minimum absolute atomic E-state index is 0.144. The van der Waals surface area contributed by atoms with Crippen LogP contribution in [0.4, 0.5) is 18.9 Å². The molecule has 0 N–H and O–H groups in total. The van der Waals surface area contributed by atoms with Gasteiger partial charge < -0.3 is 19.1 Å². The highest BCUT2D eigenvalue weighted by Gasteiger charge is 2.34. The van der Waals surface area contributed by atoms with Gasteiger partial charge in [-0.15, -0.1) is 0 Å². The normalized spacial score (nSPS) is 17.8. The number of rotatable bonds is 9. The molecule has 2 heterocycles. The van der Waals surface area contributed by atoms with Gasteiger partial charge in [0.2, 0.25) is 0 Å². The van der Waals surface area contributed by atoms with Gasteiger partial charge in [-0.2, -0.15) is 13.2 Å². The molecular formula is C31H35F3N2O3. The summed E-state index contributed by atoms with van der Waals surface area (Å²) in [6, 6.07) is 19.2. The zero-order chi connectivity index (χ0) is 27.2. The van der Waals surface area contributed by atoms with Gasteiger partial charge in [-0.1, -0.05) is 30.7 Å². The molecule has 1 fully saturated rings. The second-order valence-electron chi connectivity index (χ2n) is 10.2. The molecule has 2 aliphatic rings. The Bertz CT molecular complexity index is 1210. The molecule has 0 unspecified atom stereocenters. The first kappa shape index (κ1) is 27.2. The van der Waals surface area contributed by atoms with Crippen molar-refractivity contribution in [2.24, 2.45) is 0 Å². The first-order valence-electron chi connectivity index (χ1n) is 13.6. The number of anilines is 1. The molecule has 0 aromatic heterocycles. The van der Waals surface area contributed by atoms with Gasteiger partial charge in [0.05, 0.1) is 24.4 Å². The molecular weight excluding hydrogens is 505 g/mol. The Morgan fingerprint density at radius 2 is 1.56 bits per heavy atom. The van der Waals surface area contributed by atoms with E-state index in [0.717, 1.165) is 48.3 Å². The van der Waals surface area contributed by atoms with Crippen LogP contribution in [0, 0.1) is 0 Å². The van der Waals surface area contributed by atoms with Crippen LogP contribution in [0.25, 0.3) is 0 Å². The monoisotopic (exact) mass is 540 g/mol. The minimum Gasteiger partial charge on any atom is -0.497 e. The van der Waals surface area contributed by atoms with Crippen molar-refractivity contribution in [1.29, 1.82) is 0 Å². The highest BCUT2D eigenvalue weighted by Crippen LogP contribution is 2.41. The fourth-order valence-electron chi connectivity index (χ4n) is 5.29. The Kier molecular flexibility index (Phi) is 8.50. The van der Waals surface area contributed by atoms with Crippen LogP contribution in [0.1, 0.15) is 36.0 Å². The molecule has 0 spiro atoms. The Morgan fingerprint density at radius 1 is 0.872 bits per heavy atom. The summed E-state index contributed by atoms with van der Waals surface area (Å²) in [5, 5.41) is 0. The highest BCUT2D eigenvalue weighted by molar-refractivity contribution is 5.63. The van der Waals surface area contributed by atoms with Crippen LogP contribution in [0.15, 0.2) is 66.7 Å². The molecule has 0 radical (unpaired) electrons. The molecule has 208 valence electrons. The molecule has 5 rings (SSSR count). The van der Waals surface area contributed by atoms with Crippen LogP contribution in [0.5, 0.6) is 17.2 Å². The summed E-state index contributed by atoms with van der Waals surface area (Å²) in [4.78, 5) is 4.47. The number of benzene rings is 3. The predicted octanol–water partition coefficient (Wildman–Crippen LogP) is 6.59. The summed E-state index contributed by atoms with van der Waals surface area (Å²) in [6.07, 6.45) is 0.00563. The third-order valence-corrected chi connectivity index (χ3v) is 7.50. The average molecular weight is 541 g/mol. The Hall–Kier alpha value is -3.39. The maximum atomic E-state index is 13.6. The van der Waals surface area contributed by atoms with Crippen molar-refractivity contribution in [2.45, 2.75) is 44.4 Å². The summed E-state index contributed by atoms with van der Waals surface area (Å²) >= 11 is 0. The molecule has 3 aromatic rings. The second-order valence-corrected chi connectivity index (χ2v) is 10.2. The van der Waals surface area contributed by atoms with Crippen LogP contribution in [0.2, 0.25) is 0 Å². The third-order valence-electron chi connectivity index (χ3n) is 7.50. The van der Waals surface area contributed by atoms with Crippen LogP contribution in [0.3, 0.4) is 0 Å². The quantitative estimate of drug-likeness (QED) is 0.306. The van der Waals surface area contributed by atoms with Crippen LogP contribution >= 0.6 is 0 Å². The molecule has 39 heavy (non-hydrogen) atoms. The summed E-state index contributed by atoms with van der Waals surface area (Å²) in [5.41, 5.74) is 1.82. The van der Waals surface area contributed by atoms with E-state index in [2.05, 4.69) is 4.90 Å². The first-order chi connectivity index (χ1) is 18.9. The highest BCUT2D eigenvalue weighted by atomic mass is 19.4. The van der Waals surface area contributed by atoms with Gasteiger partial charge in [-0.3, -0.25) is 4.90 Å². The van der Waals surface area contributed by atoms with Gasteiger partial charge in [-0.25, -0.2) is 0 Å². The van der Waals surface area contributed by atoms with Crippen molar-refractivity contribution in [3.63, 3.8) is 0 Å². The van der Waals surface area contributed by atoms with E-state index < -0.39 is 11.7 Å². The van der Waals surface area contributed by atoms with E-state index >= 15 is 0 Å². The lowest BCUT2D eigenvalue weighted by Gasteiger charge is -2.39. The molecule has 8 heteroatoms. The van der Waals surface area contributed by atoms with Gasteiger partial charge in [0.1, 0.15) is 30.5 Å². The maximum absolute atomic E-state index is 13.6. The fraction of sp³-hybridized carbons (Fsp3) is 0.419. The number of nitrogens with zero attached hydrogens (tertiary/aromatic N) is 2. The number of hydrogen-bond donors (Lipinski definition) is 0. The molecule has 0 amide bonds. The van der Waals surface area contributed by atoms with E-state index in [1.807, 2.05) is 53.4 Å². The van der Waals surface area contributed by atoms with Crippen molar-refractivity contribution in [3.05, 3.63) is 83.4 Å². The standard InChI is InChI=1S/C31H35F3N2O3/c1-37-27-10-5-23(6-11-27)19-26-22-39-30-14-9-25(31(32,33)34)20-29(30)36(26)21-24-7-12-28(13-8-24)38-18-17-35-15-3-2-4-16-35/h5-14,20,26H,2-4,15-19,21-22H2,1H3/t26-/m0/s1. The zero-order valence-corrected chi connectivity index (χ0v) is 22.3. The fourth-order valence-corrected chi connectivity index (χ4v) is 5.29. The molecule has 2 aliphatic heterocycles. The predicted molar refractivity (Wildman–Crippen MR) is 146 cm³/mol. The Morgan fingerprint density at radius 3 is 2.26 bits per heavy atom. The lowest BCUT2D eigenvalue weighted by Crippen LogP contribution is -2.44. The number of ether oxygens (including phenoxy) is 3. The number of methoxy groups -OCH3 is 1. The number of fused-ring (bicyclic) bond motifs is 1. The zero-order valence-electron chi connectivity index (χ0n) is 22.3. The largest absolute Gasteiger partial charge is 0.497 e.